The molecule has 3 heterocycles. The van der Waals surface area contributed by atoms with Gasteiger partial charge in [-0.05, 0) is 41.1 Å². The Labute approximate surface area is 135 Å². The molecule has 2 aromatic heterocycles. The van der Waals surface area contributed by atoms with Gasteiger partial charge in [0.25, 0.3) is 5.91 Å². The highest BCUT2D eigenvalue weighted by atomic mass is 35.5. The van der Waals surface area contributed by atoms with E-state index in [2.05, 4.69) is 22.8 Å². The topological polar surface area (TPSA) is 29.1 Å². The Morgan fingerprint density at radius 1 is 1.19 bits per heavy atom. The Morgan fingerprint density at radius 2 is 2.10 bits per heavy atom. The molecular formula is C16H12ClNOS2. The van der Waals surface area contributed by atoms with Crippen molar-refractivity contribution in [3.05, 3.63) is 57.3 Å². The average molecular weight is 334 g/mol. The minimum absolute atomic E-state index is 0.00845. The van der Waals surface area contributed by atoms with Gasteiger partial charge in [-0.3, -0.25) is 4.79 Å². The lowest BCUT2D eigenvalue weighted by Crippen LogP contribution is -2.31. The molecule has 1 N–H and O–H groups in total. The van der Waals surface area contributed by atoms with Gasteiger partial charge in [0.15, 0.2) is 0 Å². The number of hydrogen-bond donors (Lipinski definition) is 1. The zero-order valence-corrected chi connectivity index (χ0v) is 13.4. The molecule has 21 heavy (non-hydrogen) atoms. The van der Waals surface area contributed by atoms with E-state index in [9.17, 15) is 4.79 Å². The predicted octanol–water partition coefficient (Wildman–Crippen LogP) is 4.58. The number of nitrogens with one attached hydrogen (secondary N) is 1. The summed E-state index contributed by atoms with van der Waals surface area (Å²) in [6.07, 6.45) is 0.892. The van der Waals surface area contributed by atoms with Crippen LogP contribution in [0.1, 0.15) is 31.7 Å². The highest BCUT2D eigenvalue weighted by molar-refractivity contribution is 7.27. The number of carbonyl (C=O) groups excluding carboxylic acids is 1. The van der Waals surface area contributed by atoms with Crippen molar-refractivity contribution >= 4 is 49.6 Å². The zero-order chi connectivity index (χ0) is 14.4. The second kappa shape index (κ2) is 5.13. The van der Waals surface area contributed by atoms with Gasteiger partial charge in [0.1, 0.15) is 0 Å². The molecule has 1 aliphatic rings. The van der Waals surface area contributed by atoms with Gasteiger partial charge in [-0.25, -0.2) is 0 Å². The van der Waals surface area contributed by atoms with Crippen LogP contribution in [-0.4, -0.2) is 12.5 Å². The summed E-state index contributed by atoms with van der Waals surface area (Å²) >= 11 is 10.1. The molecule has 1 aliphatic heterocycles. The van der Waals surface area contributed by atoms with Crippen LogP contribution >= 0.6 is 34.3 Å². The van der Waals surface area contributed by atoms with Crippen molar-refractivity contribution in [1.29, 1.82) is 0 Å². The fourth-order valence-electron chi connectivity index (χ4n) is 2.66. The van der Waals surface area contributed by atoms with Crippen molar-refractivity contribution < 1.29 is 4.79 Å². The Kier molecular flexibility index (Phi) is 3.25. The minimum atomic E-state index is -0.199. The molecule has 0 saturated heterocycles. The number of hydrogen-bond acceptors (Lipinski definition) is 3. The highest BCUT2D eigenvalue weighted by Crippen LogP contribution is 2.39. The predicted molar refractivity (Wildman–Crippen MR) is 89.9 cm³/mol. The molecule has 1 amide bonds. The minimum Gasteiger partial charge on any atom is -0.352 e. The van der Waals surface area contributed by atoms with E-state index in [0.29, 0.717) is 0 Å². The molecule has 4 rings (SSSR count). The van der Waals surface area contributed by atoms with Crippen LogP contribution in [0.2, 0.25) is 0 Å². The Hall–Kier alpha value is -1.36. The summed E-state index contributed by atoms with van der Waals surface area (Å²) in [7, 11) is 0. The first-order valence-electron chi connectivity index (χ1n) is 6.74. The maximum atomic E-state index is 11.9. The summed E-state index contributed by atoms with van der Waals surface area (Å²) in [5, 5.41) is 4.78. The van der Waals surface area contributed by atoms with Crippen molar-refractivity contribution in [2.75, 3.05) is 6.54 Å². The molecule has 0 radical (unpaired) electrons. The van der Waals surface area contributed by atoms with Crippen LogP contribution in [0.5, 0.6) is 0 Å². The van der Waals surface area contributed by atoms with Crippen LogP contribution in [-0.2, 0) is 6.42 Å². The van der Waals surface area contributed by atoms with Crippen molar-refractivity contribution in [2.24, 2.45) is 0 Å². The molecule has 1 aromatic carbocycles. The second-order valence-electron chi connectivity index (χ2n) is 5.08. The first-order chi connectivity index (χ1) is 10.2. The number of alkyl halides is 1. The molecule has 2 nitrogen and oxygen atoms in total. The summed E-state index contributed by atoms with van der Waals surface area (Å²) in [5.41, 5.74) is 2.86. The molecule has 0 fully saturated rings. The van der Waals surface area contributed by atoms with E-state index >= 15 is 0 Å². The summed E-state index contributed by atoms with van der Waals surface area (Å²) in [4.78, 5) is 13.1. The van der Waals surface area contributed by atoms with Gasteiger partial charge < -0.3 is 5.32 Å². The van der Waals surface area contributed by atoms with Crippen LogP contribution in [0, 0.1) is 0 Å². The fraction of sp³-hybridized carbons (Fsp3) is 0.188. The van der Waals surface area contributed by atoms with Crippen LogP contribution in [0.3, 0.4) is 0 Å². The first-order valence-corrected chi connectivity index (χ1v) is 8.87. The van der Waals surface area contributed by atoms with Gasteiger partial charge in [0, 0.05) is 26.4 Å². The molecule has 5 heteroatoms. The third kappa shape index (κ3) is 2.27. The van der Waals surface area contributed by atoms with Gasteiger partial charge in [-0.1, -0.05) is 12.1 Å². The summed E-state index contributed by atoms with van der Waals surface area (Å²) in [6, 6.07) is 10.3. The Bertz CT molecular complexity index is 807. The molecule has 106 valence electrons. The Morgan fingerprint density at radius 3 is 2.95 bits per heavy atom. The standard InChI is InChI=1S/C16H12ClNOS2/c17-15(14-8-13-12(21-14)4-6-20-13)10-2-1-9-3-5-18-16(19)11(9)7-10/h1-2,4,6-8,15H,3,5H2,(H,18,19). The summed E-state index contributed by atoms with van der Waals surface area (Å²) in [5.74, 6) is 0.00845. The van der Waals surface area contributed by atoms with Crippen molar-refractivity contribution in [1.82, 2.24) is 5.32 Å². The first kappa shape index (κ1) is 13.3. The van der Waals surface area contributed by atoms with E-state index in [1.54, 1.807) is 22.7 Å². The largest absolute Gasteiger partial charge is 0.352 e. The zero-order valence-electron chi connectivity index (χ0n) is 11.1. The molecule has 0 spiro atoms. The molecule has 0 aliphatic carbocycles. The number of thiophene rings is 2. The number of amides is 1. The highest BCUT2D eigenvalue weighted by Gasteiger charge is 2.20. The maximum Gasteiger partial charge on any atom is 0.251 e. The van der Waals surface area contributed by atoms with E-state index in [1.165, 1.54) is 9.40 Å². The Balaban J connectivity index is 1.74. The van der Waals surface area contributed by atoms with Gasteiger partial charge >= 0.3 is 0 Å². The normalized spacial score (nSPS) is 15.8. The van der Waals surface area contributed by atoms with E-state index in [4.69, 9.17) is 11.6 Å². The molecule has 3 aromatic rings. The third-order valence-corrected chi connectivity index (χ3v) is 6.53. The number of rotatable bonds is 2. The quantitative estimate of drug-likeness (QED) is 0.683. The molecule has 1 unspecified atom stereocenters. The number of halogens is 1. The molecule has 0 saturated carbocycles. The van der Waals surface area contributed by atoms with E-state index in [1.807, 2.05) is 18.2 Å². The van der Waals surface area contributed by atoms with Crippen LogP contribution in [0.25, 0.3) is 9.40 Å². The molecule has 1 atom stereocenters. The van der Waals surface area contributed by atoms with E-state index < -0.39 is 0 Å². The van der Waals surface area contributed by atoms with E-state index in [0.717, 1.165) is 34.5 Å². The second-order valence-corrected chi connectivity index (χ2v) is 7.58. The van der Waals surface area contributed by atoms with Crippen LogP contribution < -0.4 is 5.32 Å². The maximum absolute atomic E-state index is 11.9. The average Bonchev–Trinajstić information content (AvgIpc) is 3.08. The van der Waals surface area contributed by atoms with Gasteiger partial charge in [-0.2, -0.15) is 0 Å². The lowest BCUT2D eigenvalue weighted by atomic mass is 9.96. The lowest BCUT2D eigenvalue weighted by Gasteiger charge is -2.18. The summed E-state index contributed by atoms with van der Waals surface area (Å²) < 4.78 is 2.55. The van der Waals surface area contributed by atoms with Crippen molar-refractivity contribution in [2.45, 2.75) is 11.8 Å². The lowest BCUT2D eigenvalue weighted by molar-refractivity contribution is 0.0946. The molecule has 0 bridgehead atoms. The summed E-state index contributed by atoms with van der Waals surface area (Å²) in [6.45, 7) is 0.719. The van der Waals surface area contributed by atoms with Crippen molar-refractivity contribution in [3.8, 4) is 0 Å². The van der Waals surface area contributed by atoms with Gasteiger partial charge in [0.05, 0.1) is 5.38 Å². The number of fused-ring (bicyclic) bond motifs is 2. The SMILES string of the molecule is O=C1NCCc2ccc(C(Cl)c3cc4sccc4s3)cc21. The van der Waals surface area contributed by atoms with Crippen molar-refractivity contribution in [3.63, 3.8) is 0 Å². The van der Waals surface area contributed by atoms with Gasteiger partial charge in [-0.15, -0.1) is 34.3 Å². The van der Waals surface area contributed by atoms with Crippen LogP contribution in [0.4, 0.5) is 0 Å². The smallest absolute Gasteiger partial charge is 0.251 e. The number of benzene rings is 1. The molecular weight excluding hydrogens is 322 g/mol. The number of carbonyl (C=O) groups is 1. The van der Waals surface area contributed by atoms with Crippen LogP contribution in [0.15, 0.2) is 35.7 Å². The fourth-order valence-corrected chi connectivity index (χ4v) is 5.12. The van der Waals surface area contributed by atoms with Gasteiger partial charge in [0.2, 0.25) is 0 Å². The third-order valence-electron chi connectivity index (χ3n) is 3.76. The monoisotopic (exact) mass is 333 g/mol. The van der Waals surface area contributed by atoms with E-state index in [-0.39, 0.29) is 11.3 Å².